The van der Waals surface area contributed by atoms with Crippen LogP contribution in [0.5, 0.6) is 0 Å². The number of halogens is 1. The van der Waals surface area contributed by atoms with Gasteiger partial charge in [0, 0.05) is 28.5 Å². The molecule has 158 valence electrons. The van der Waals surface area contributed by atoms with E-state index in [2.05, 4.69) is 21.8 Å². The Balaban J connectivity index is 1.52. The lowest BCUT2D eigenvalue weighted by Crippen LogP contribution is -2.46. The summed E-state index contributed by atoms with van der Waals surface area (Å²) in [5.41, 5.74) is 6.42. The number of amides is 1. The number of aliphatic hydroxyl groups is 1. The molecular formula is C21H25ClN6O2. The highest BCUT2D eigenvalue weighted by Gasteiger charge is 2.45. The van der Waals surface area contributed by atoms with E-state index in [-0.39, 0.29) is 35.7 Å². The number of carbonyl (C=O) groups excluding carboxylic acids is 1. The highest BCUT2D eigenvalue weighted by atomic mass is 35.5. The molecule has 1 heterocycles. The molecule has 2 saturated carbocycles. The van der Waals surface area contributed by atoms with Gasteiger partial charge in [0.1, 0.15) is 5.56 Å². The van der Waals surface area contributed by atoms with Crippen molar-refractivity contribution in [3.05, 3.63) is 41.0 Å². The summed E-state index contributed by atoms with van der Waals surface area (Å²) in [6.45, 7) is 0.130. The standard InChI is InChI=1S/C21H25ClN6O2/c22-14-1-3-15(4-2-14)25-20-17(19(24)30)11-28(27-20)18-6-5-16(9-13(18)10-23)26-21(12-29)7-8-21/h1-4,11,13,16,18,26,29H,5-9,12H2,(H2,24,30)(H,25,27)/t13-,16+,18?/m1/s1. The summed E-state index contributed by atoms with van der Waals surface area (Å²) in [7, 11) is 0. The normalized spacial score (nSPS) is 24.8. The first kappa shape index (κ1) is 20.7. The fourth-order valence-electron chi connectivity index (χ4n) is 4.18. The van der Waals surface area contributed by atoms with E-state index >= 15 is 0 Å². The summed E-state index contributed by atoms with van der Waals surface area (Å²) in [6, 6.07) is 9.51. The maximum atomic E-state index is 12.0. The highest BCUT2D eigenvalue weighted by molar-refractivity contribution is 6.30. The first-order valence-corrected chi connectivity index (χ1v) is 10.5. The molecule has 1 unspecified atom stereocenters. The first-order valence-electron chi connectivity index (χ1n) is 10.1. The molecule has 0 radical (unpaired) electrons. The molecular weight excluding hydrogens is 404 g/mol. The van der Waals surface area contributed by atoms with Crippen LogP contribution in [0, 0.1) is 17.2 Å². The van der Waals surface area contributed by atoms with Gasteiger partial charge in [0.05, 0.1) is 24.6 Å². The summed E-state index contributed by atoms with van der Waals surface area (Å²) in [4.78, 5) is 12.0. The van der Waals surface area contributed by atoms with Crippen molar-refractivity contribution in [2.45, 2.75) is 49.7 Å². The molecule has 2 aliphatic rings. The van der Waals surface area contributed by atoms with Gasteiger partial charge >= 0.3 is 0 Å². The Morgan fingerprint density at radius 2 is 2.10 bits per heavy atom. The van der Waals surface area contributed by atoms with E-state index in [9.17, 15) is 15.2 Å². The van der Waals surface area contributed by atoms with Gasteiger partial charge in [-0.15, -0.1) is 0 Å². The van der Waals surface area contributed by atoms with Crippen molar-refractivity contribution in [1.82, 2.24) is 15.1 Å². The molecule has 9 heteroatoms. The zero-order valence-corrected chi connectivity index (χ0v) is 17.3. The van der Waals surface area contributed by atoms with Crippen LogP contribution in [0.15, 0.2) is 30.5 Å². The molecule has 0 saturated heterocycles. The number of nitriles is 1. The molecule has 8 nitrogen and oxygen atoms in total. The molecule has 30 heavy (non-hydrogen) atoms. The maximum Gasteiger partial charge on any atom is 0.254 e. The third-order valence-electron chi connectivity index (χ3n) is 6.09. The quantitative estimate of drug-likeness (QED) is 0.536. The van der Waals surface area contributed by atoms with Gasteiger partial charge in [-0.2, -0.15) is 10.4 Å². The second kappa shape index (κ2) is 8.26. The molecule has 0 aliphatic heterocycles. The Hall–Kier alpha value is -2.60. The van der Waals surface area contributed by atoms with Crippen LogP contribution in [-0.2, 0) is 0 Å². The average molecular weight is 429 g/mol. The van der Waals surface area contributed by atoms with Gasteiger partial charge in [-0.25, -0.2) is 0 Å². The predicted molar refractivity (Wildman–Crippen MR) is 113 cm³/mol. The Labute approximate surface area is 180 Å². The third kappa shape index (κ3) is 4.29. The van der Waals surface area contributed by atoms with Crippen molar-refractivity contribution in [1.29, 1.82) is 5.26 Å². The number of rotatable bonds is 7. The van der Waals surface area contributed by atoms with E-state index in [4.69, 9.17) is 17.3 Å². The molecule has 2 fully saturated rings. The Bertz CT molecular complexity index is 963. The van der Waals surface area contributed by atoms with Gasteiger partial charge in [-0.1, -0.05) is 11.6 Å². The zero-order chi connectivity index (χ0) is 21.3. The maximum absolute atomic E-state index is 12.0. The number of carbonyl (C=O) groups is 1. The van der Waals surface area contributed by atoms with Crippen molar-refractivity contribution in [2.75, 3.05) is 11.9 Å². The molecule has 1 aromatic heterocycles. The zero-order valence-electron chi connectivity index (χ0n) is 16.5. The van der Waals surface area contributed by atoms with Gasteiger partial charge in [-0.05, 0) is 56.4 Å². The summed E-state index contributed by atoms with van der Waals surface area (Å²) in [5.74, 6) is -0.478. The average Bonchev–Trinajstić information content (AvgIpc) is 3.39. The van der Waals surface area contributed by atoms with Crippen LogP contribution in [0.3, 0.4) is 0 Å². The lowest BCUT2D eigenvalue weighted by molar-refractivity contribution is 0.100. The summed E-state index contributed by atoms with van der Waals surface area (Å²) in [6.07, 6.45) is 5.87. The van der Waals surface area contributed by atoms with Gasteiger partial charge < -0.3 is 21.5 Å². The minimum atomic E-state index is -0.583. The van der Waals surface area contributed by atoms with E-state index < -0.39 is 5.91 Å². The molecule has 5 N–H and O–H groups in total. The number of aromatic nitrogens is 2. The van der Waals surface area contributed by atoms with Crippen molar-refractivity contribution in [3.63, 3.8) is 0 Å². The predicted octanol–water partition coefficient (Wildman–Crippen LogP) is 2.73. The molecule has 2 aromatic rings. The minimum absolute atomic E-state index is 0.130. The number of benzene rings is 1. The third-order valence-corrected chi connectivity index (χ3v) is 6.34. The van der Waals surface area contributed by atoms with E-state index in [1.54, 1.807) is 35.1 Å². The molecule has 1 amide bonds. The number of nitrogens with zero attached hydrogens (tertiary/aromatic N) is 3. The van der Waals surface area contributed by atoms with E-state index in [0.29, 0.717) is 17.3 Å². The van der Waals surface area contributed by atoms with Gasteiger partial charge in [0.15, 0.2) is 5.82 Å². The van der Waals surface area contributed by atoms with Crippen LogP contribution >= 0.6 is 11.6 Å². The van der Waals surface area contributed by atoms with Gasteiger partial charge in [0.2, 0.25) is 0 Å². The van der Waals surface area contributed by atoms with Crippen LogP contribution in [0.25, 0.3) is 0 Å². The Morgan fingerprint density at radius 1 is 1.37 bits per heavy atom. The number of hydrogen-bond donors (Lipinski definition) is 4. The van der Waals surface area contributed by atoms with Crippen molar-refractivity contribution < 1.29 is 9.90 Å². The monoisotopic (exact) mass is 428 g/mol. The van der Waals surface area contributed by atoms with Crippen LogP contribution in [0.4, 0.5) is 11.5 Å². The van der Waals surface area contributed by atoms with Crippen molar-refractivity contribution >= 4 is 29.0 Å². The van der Waals surface area contributed by atoms with Crippen LogP contribution in [0.1, 0.15) is 48.5 Å². The van der Waals surface area contributed by atoms with Gasteiger partial charge in [0.25, 0.3) is 5.91 Å². The molecule has 3 atom stereocenters. The summed E-state index contributed by atoms with van der Waals surface area (Å²) < 4.78 is 1.70. The Kier molecular flexibility index (Phi) is 5.69. The lowest BCUT2D eigenvalue weighted by atomic mass is 9.82. The number of anilines is 2. The topological polar surface area (TPSA) is 129 Å². The molecule has 1 aromatic carbocycles. The second-order valence-electron chi connectivity index (χ2n) is 8.26. The fraction of sp³-hybridized carbons (Fsp3) is 0.476. The van der Waals surface area contributed by atoms with Crippen LogP contribution < -0.4 is 16.4 Å². The van der Waals surface area contributed by atoms with E-state index in [1.807, 2.05) is 0 Å². The summed E-state index contributed by atoms with van der Waals surface area (Å²) >= 11 is 5.93. The largest absolute Gasteiger partial charge is 0.394 e. The minimum Gasteiger partial charge on any atom is -0.394 e. The Morgan fingerprint density at radius 3 is 2.70 bits per heavy atom. The van der Waals surface area contributed by atoms with Crippen molar-refractivity contribution in [3.8, 4) is 6.07 Å². The first-order chi connectivity index (χ1) is 14.4. The van der Waals surface area contributed by atoms with Crippen LogP contribution in [-0.4, -0.2) is 39.0 Å². The number of hydrogen-bond acceptors (Lipinski definition) is 6. The molecule has 2 aliphatic carbocycles. The van der Waals surface area contributed by atoms with E-state index in [1.165, 1.54) is 0 Å². The number of nitrogens with one attached hydrogen (secondary N) is 2. The lowest BCUT2D eigenvalue weighted by Gasteiger charge is -2.35. The number of nitrogens with two attached hydrogens (primary N) is 1. The van der Waals surface area contributed by atoms with Crippen LogP contribution in [0.2, 0.25) is 5.02 Å². The molecule has 0 spiro atoms. The molecule has 4 rings (SSSR count). The molecule has 0 bridgehead atoms. The summed E-state index contributed by atoms with van der Waals surface area (Å²) in [5, 5.41) is 31.2. The number of aliphatic hydroxyl groups excluding tert-OH is 1. The smallest absolute Gasteiger partial charge is 0.254 e. The van der Waals surface area contributed by atoms with E-state index in [0.717, 1.165) is 31.4 Å². The second-order valence-corrected chi connectivity index (χ2v) is 8.70. The highest BCUT2D eigenvalue weighted by Crippen LogP contribution is 2.40. The SMILES string of the molecule is N#C[C@H]1C[C@@H](NC2(CO)CC2)CCC1n1cc(C(N)=O)c(Nc2ccc(Cl)cc2)n1. The van der Waals surface area contributed by atoms with Crippen molar-refractivity contribution in [2.24, 2.45) is 11.7 Å². The number of primary amides is 1. The van der Waals surface area contributed by atoms with Gasteiger partial charge in [-0.3, -0.25) is 9.48 Å². The fourth-order valence-corrected chi connectivity index (χ4v) is 4.30.